The van der Waals surface area contributed by atoms with Gasteiger partial charge in [-0.25, -0.2) is 0 Å². The maximum absolute atomic E-state index is 10.5. The summed E-state index contributed by atoms with van der Waals surface area (Å²) in [7, 11) is -0.124. The van der Waals surface area contributed by atoms with Crippen molar-refractivity contribution in [2.45, 2.75) is 12.2 Å². The third kappa shape index (κ3) is 1.49. The van der Waals surface area contributed by atoms with Crippen LogP contribution < -0.4 is 11.5 Å². The van der Waals surface area contributed by atoms with Gasteiger partial charge in [0.15, 0.2) is 12.2 Å². The fraction of sp³-hybridized carbons (Fsp3) is 0.500. The van der Waals surface area contributed by atoms with Gasteiger partial charge in [-0.2, -0.15) is 0 Å². The van der Waals surface area contributed by atoms with E-state index in [-0.39, 0.29) is 7.69 Å². The Hall–Kier alpha value is -1.08. The standard InChI is InChI=1S/C4H7BN2O4/c6-3(8)1-2(4(7)9)11-5-10-1/h1-2,5H,(H2,6,8)(H2,7,9). The maximum Gasteiger partial charge on any atom is 0.439 e. The number of carbonyl (C=O) groups is 2. The predicted octanol–water partition coefficient (Wildman–Crippen LogP) is -2.99. The van der Waals surface area contributed by atoms with E-state index in [1.54, 1.807) is 0 Å². The van der Waals surface area contributed by atoms with Crippen LogP contribution in [0.2, 0.25) is 0 Å². The summed E-state index contributed by atoms with van der Waals surface area (Å²) < 4.78 is 9.38. The summed E-state index contributed by atoms with van der Waals surface area (Å²) in [6.45, 7) is 0. The van der Waals surface area contributed by atoms with E-state index < -0.39 is 24.0 Å². The molecule has 60 valence electrons. The Labute approximate surface area is 63.1 Å². The quantitative estimate of drug-likeness (QED) is 0.418. The molecule has 11 heavy (non-hydrogen) atoms. The molecule has 1 aliphatic rings. The molecule has 1 aliphatic heterocycles. The molecule has 1 rings (SSSR count). The summed E-state index contributed by atoms with van der Waals surface area (Å²) >= 11 is 0. The lowest BCUT2D eigenvalue weighted by Gasteiger charge is -2.10. The van der Waals surface area contributed by atoms with E-state index in [1.807, 2.05) is 0 Å². The second-order valence-electron chi connectivity index (χ2n) is 2.10. The van der Waals surface area contributed by atoms with Gasteiger partial charge in [-0.1, -0.05) is 0 Å². The lowest BCUT2D eigenvalue weighted by Crippen LogP contribution is -2.44. The van der Waals surface area contributed by atoms with Crippen molar-refractivity contribution in [2.24, 2.45) is 11.5 Å². The van der Waals surface area contributed by atoms with Crippen molar-refractivity contribution in [3.63, 3.8) is 0 Å². The summed E-state index contributed by atoms with van der Waals surface area (Å²) in [5.41, 5.74) is 9.75. The van der Waals surface area contributed by atoms with Crippen LogP contribution in [0.5, 0.6) is 0 Å². The highest BCUT2D eigenvalue weighted by atomic mass is 16.6. The van der Waals surface area contributed by atoms with Crippen molar-refractivity contribution < 1.29 is 18.9 Å². The maximum atomic E-state index is 10.5. The van der Waals surface area contributed by atoms with Crippen LogP contribution in [0.15, 0.2) is 0 Å². The molecule has 2 unspecified atom stereocenters. The van der Waals surface area contributed by atoms with Crippen LogP contribution >= 0.6 is 0 Å². The molecule has 0 aromatic heterocycles. The van der Waals surface area contributed by atoms with Crippen LogP contribution in [0, 0.1) is 0 Å². The Balaban J connectivity index is 2.65. The van der Waals surface area contributed by atoms with Crippen LogP contribution in [-0.4, -0.2) is 31.7 Å². The van der Waals surface area contributed by atoms with E-state index in [9.17, 15) is 9.59 Å². The topological polar surface area (TPSA) is 105 Å². The molecule has 2 amide bonds. The number of carbonyl (C=O) groups excluding carboxylic acids is 2. The molecular weight excluding hydrogens is 151 g/mol. The van der Waals surface area contributed by atoms with E-state index in [4.69, 9.17) is 20.8 Å². The van der Waals surface area contributed by atoms with E-state index in [2.05, 4.69) is 0 Å². The molecule has 0 spiro atoms. The van der Waals surface area contributed by atoms with Crippen LogP contribution in [0.1, 0.15) is 0 Å². The highest BCUT2D eigenvalue weighted by Crippen LogP contribution is 2.09. The molecule has 0 radical (unpaired) electrons. The Bertz CT molecular complexity index is 177. The normalized spacial score (nSPS) is 29.5. The van der Waals surface area contributed by atoms with Gasteiger partial charge in [-0.15, -0.1) is 0 Å². The van der Waals surface area contributed by atoms with Gasteiger partial charge < -0.3 is 20.8 Å². The van der Waals surface area contributed by atoms with Gasteiger partial charge in [0, 0.05) is 0 Å². The third-order valence-corrected chi connectivity index (χ3v) is 1.33. The Morgan fingerprint density at radius 3 is 1.73 bits per heavy atom. The van der Waals surface area contributed by atoms with Gasteiger partial charge >= 0.3 is 7.69 Å². The number of rotatable bonds is 2. The van der Waals surface area contributed by atoms with Crippen LogP contribution in [-0.2, 0) is 18.9 Å². The molecule has 1 saturated heterocycles. The molecule has 0 aliphatic carbocycles. The second-order valence-corrected chi connectivity index (χ2v) is 2.10. The summed E-state index contributed by atoms with van der Waals surface area (Å²) in [6, 6.07) is 0. The molecule has 0 aromatic carbocycles. The molecule has 0 bridgehead atoms. The van der Waals surface area contributed by atoms with Crippen molar-refractivity contribution in [1.82, 2.24) is 0 Å². The Kier molecular flexibility index (Phi) is 2.11. The summed E-state index contributed by atoms with van der Waals surface area (Å²) in [5, 5.41) is 0. The zero-order chi connectivity index (χ0) is 8.43. The van der Waals surface area contributed by atoms with E-state index in [0.717, 1.165) is 0 Å². The van der Waals surface area contributed by atoms with Crippen molar-refractivity contribution in [1.29, 1.82) is 0 Å². The fourth-order valence-electron chi connectivity index (χ4n) is 0.823. The van der Waals surface area contributed by atoms with Gasteiger partial charge in [0.1, 0.15) is 0 Å². The van der Waals surface area contributed by atoms with Gasteiger partial charge in [-0.3, -0.25) is 9.59 Å². The SMILES string of the molecule is NC(=O)C1OBOC1C(N)=O. The molecule has 1 fully saturated rings. The Morgan fingerprint density at radius 1 is 1.09 bits per heavy atom. The van der Waals surface area contributed by atoms with E-state index >= 15 is 0 Å². The van der Waals surface area contributed by atoms with Crippen molar-refractivity contribution in [2.75, 3.05) is 0 Å². The molecule has 0 aromatic rings. The first-order valence-corrected chi connectivity index (χ1v) is 2.95. The molecular formula is C4H7BN2O4. The Morgan fingerprint density at radius 2 is 1.45 bits per heavy atom. The fourth-order valence-corrected chi connectivity index (χ4v) is 0.823. The van der Waals surface area contributed by atoms with E-state index in [1.165, 1.54) is 0 Å². The molecule has 0 saturated carbocycles. The number of amides is 2. The van der Waals surface area contributed by atoms with Crippen LogP contribution in [0.3, 0.4) is 0 Å². The molecule has 7 heteroatoms. The molecule has 4 N–H and O–H groups in total. The number of hydrogen-bond acceptors (Lipinski definition) is 4. The first-order chi connectivity index (χ1) is 5.13. The minimum atomic E-state index is -1.03. The first-order valence-electron chi connectivity index (χ1n) is 2.95. The smallest absolute Gasteiger partial charge is 0.400 e. The second kappa shape index (κ2) is 2.89. The molecule has 1 heterocycles. The molecule has 2 atom stereocenters. The largest absolute Gasteiger partial charge is 0.439 e. The summed E-state index contributed by atoms with van der Waals surface area (Å²) in [6.07, 6.45) is -2.07. The highest BCUT2D eigenvalue weighted by Gasteiger charge is 2.38. The average molecular weight is 158 g/mol. The van der Waals surface area contributed by atoms with Crippen LogP contribution in [0.25, 0.3) is 0 Å². The number of nitrogens with two attached hydrogens (primary N) is 2. The van der Waals surface area contributed by atoms with Crippen molar-refractivity contribution >= 4 is 19.5 Å². The van der Waals surface area contributed by atoms with Crippen LogP contribution in [0.4, 0.5) is 0 Å². The highest BCUT2D eigenvalue weighted by molar-refractivity contribution is 6.21. The zero-order valence-corrected chi connectivity index (χ0v) is 5.65. The minimum Gasteiger partial charge on any atom is -0.400 e. The zero-order valence-electron chi connectivity index (χ0n) is 5.65. The predicted molar refractivity (Wildman–Crippen MR) is 35.3 cm³/mol. The van der Waals surface area contributed by atoms with Gasteiger partial charge in [-0.05, 0) is 0 Å². The lowest BCUT2D eigenvalue weighted by molar-refractivity contribution is -0.133. The van der Waals surface area contributed by atoms with Gasteiger partial charge in [0.25, 0.3) is 0 Å². The average Bonchev–Trinajstić information content (AvgIpc) is 2.32. The third-order valence-electron chi connectivity index (χ3n) is 1.33. The van der Waals surface area contributed by atoms with E-state index in [0.29, 0.717) is 0 Å². The van der Waals surface area contributed by atoms with Gasteiger partial charge in [0.2, 0.25) is 11.8 Å². The van der Waals surface area contributed by atoms with Crippen molar-refractivity contribution in [3.05, 3.63) is 0 Å². The summed E-state index contributed by atoms with van der Waals surface area (Å²) in [5.74, 6) is -1.49. The number of primary amides is 2. The first kappa shape index (κ1) is 8.03. The lowest BCUT2D eigenvalue weighted by atomic mass is 10.2. The molecule has 6 nitrogen and oxygen atoms in total. The van der Waals surface area contributed by atoms with Crippen molar-refractivity contribution in [3.8, 4) is 0 Å². The minimum absolute atomic E-state index is 0.124. The monoisotopic (exact) mass is 158 g/mol. The number of hydrogen-bond donors (Lipinski definition) is 2. The van der Waals surface area contributed by atoms with Gasteiger partial charge in [0.05, 0.1) is 0 Å². The summed E-state index contributed by atoms with van der Waals surface area (Å²) in [4.78, 5) is 21.1.